The average molecular weight is 382 g/mol. The van der Waals surface area contributed by atoms with E-state index < -0.39 is 26.6 Å². The summed E-state index contributed by atoms with van der Waals surface area (Å²) in [4.78, 5) is 13.0. The smallest absolute Gasteiger partial charge is 0.262 e. The molecular weight excluding hydrogens is 366 g/mol. The van der Waals surface area contributed by atoms with Gasteiger partial charge in [0.2, 0.25) is 5.91 Å². The van der Waals surface area contributed by atoms with Gasteiger partial charge in [0.1, 0.15) is 17.4 Å². The fraction of sp³-hybridized carbons (Fsp3) is 0.235. The highest BCUT2D eigenvalue weighted by Gasteiger charge is 2.25. The number of rotatable bonds is 5. The van der Waals surface area contributed by atoms with Gasteiger partial charge in [0.25, 0.3) is 10.0 Å². The number of nitrogens with one attached hydrogen (secondary N) is 1. The summed E-state index contributed by atoms with van der Waals surface area (Å²) in [5, 5.41) is 0. The monoisotopic (exact) mass is 382 g/mol. The van der Waals surface area contributed by atoms with Gasteiger partial charge >= 0.3 is 0 Å². The lowest BCUT2D eigenvalue weighted by Crippen LogP contribution is -2.24. The first-order valence-corrected chi connectivity index (χ1v) is 9.26. The first-order chi connectivity index (χ1) is 12.3. The zero-order valence-corrected chi connectivity index (χ0v) is 14.6. The zero-order chi connectivity index (χ0) is 18.9. The van der Waals surface area contributed by atoms with Gasteiger partial charge in [-0.25, -0.2) is 17.2 Å². The molecule has 3 rings (SSSR count). The van der Waals surface area contributed by atoms with Crippen molar-refractivity contribution in [2.45, 2.75) is 17.7 Å². The van der Waals surface area contributed by atoms with Crippen LogP contribution in [0.4, 0.5) is 20.2 Å². The Morgan fingerprint density at radius 1 is 1.12 bits per heavy atom. The van der Waals surface area contributed by atoms with Crippen LogP contribution in [-0.2, 0) is 14.8 Å². The van der Waals surface area contributed by atoms with Gasteiger partial charge < -0.3 is 9.64 Å². The van der Waals surface area contributed by atoms with E-state index in [1.165, 1.54) is 30.2 Å². The minimum absolute atomic E-state index is 0.0875. The minimum Gasteiger partial charge on any atom is -0.495 e. The summed E-state index contributed by atoms with van der Waals surface area (Å²) in [5.41, 5.74) is 0.575. The average Bonchev–Trinajstić information content (AvgIpc) is 2.99. The molecule has 0 bridgehead atoms. The van der Waals surface area contributed by atoms with Crippen molar-refractivity contribution in [1.29, 1.82) is 0 Å². The second kappa shape index (κ2) is 6.91. The van der Waals surface area contributed by atoms with Crippen LogP contribution < -0.4 is 14.4 Å². The summed E-state index contributed by atoms with van der Waals surface area (Å²) in [5.74, 6) is -1.66. The maximum atomic E-state index is 13.3. The molecule has 1 saturated heterocycles. The standard InChI is InChI=1S/C17H16F2N2O4S/c1-25-16-5-4-13(10-15(16)21-6-2-3-17(21)22)20-26(23,24)14-8-11(18)7-12(19)9-14/h4-5,7-10,20H,2-3,6H2,1H3. The number of anilines is 2. The highest BCUT2D eigenvalue weighted by molar-refractivity contribution is 7.92. The van der Waals surface area contributed by atoms with E-state index in [4.69, 9.17) is 4.74 Å². The van der Waals surface area contributed by atoms with E-state index in [0.29, 0.717) is 36.9 Å². The Kier molecular flexibility index (Phi) is 4.82. The SMILES string of the molecule is COc1ccc(NS(=O)(=O)c2cc(F)cc(F)c2)cc1N1CCCC1=O. The van der Waals surface area contributed by atoms with Crippen molar-refractivity contribution in [2.24, 2.45) is 0 Å². The fourth-order valence-corrected chi connectivity index (χ4v) is 3.86. The Labute approximate surface area is 149 Å². The molecule has 0 spiro atoms. The van der Waals surface area contributed by atoms with E-state index >= 15 is 0 Å². The molecule has 0 atom stereocenters. The van der Waals surface area contributed by atoms with Crippen LogP contribution >= 0.6 is 0 Å². The summed E-state index contributed by atoms with van der Waals surface area (Å²) in [6, 6.07) is 6.44. The largest absolute Gasteiger partial charge is 0.495 e. The Bertz CT molecular complexity index is 943. The number of ether oxygens (including phenoxy) is 1. The van der Waals surface area contributed by atoms with E-state index in [9.17, 15) is 22.0 Å². The van der Waals surface area contributed by atoms with Crippen LogP contribution in [0, 0.1) is 11.6 Å². The molecule has 26 heavy (non-hydrogen) atoms. The number of halogens is 2. The molecule has 1 aliphatic rings. The molecule has 9 heteroatoms. The number of amides is 1. The Morgan fingerprint density at radius 2 is 1.81 bits per heavy atom. The Balaban J connectivity index is 1.95. The molecule has 1 heterocycles. The van der Waals surface area contributed by atoms with Gasteiger partial charge in [-0.3, -0.25) is 9.52 Å². The van der Waals surface area contributed by atoms with Gasteiger partial charge in [-0.15, -0.1) is 0 Å². The molecule has 1 amide bonds. The topological polar surface area (TPSA) is 75.7 Å². The van der Waals surface area contributed by atoms with E-state index in [-0.39, 0.29) is 11.6 Å². The van der Waals surface area contributed by atoms with Crippen LogP contribution in [0.3, 0.4) is 0 Å². The van der Waals surface area contributed by atoms with E-state index in [0.717, 1.165) is 12.1 Å². The van der Waals surface area contributed by atoms with Crippen LogP contribution in [0.25, 0.3) is 0 Å². The lowest BCUT2D eigenvalue weighted by atomic mass is 10.2. The van der Waals surface area contributed by atoms with Crippen molar-refractivity contribution in [3.8, 4) is 5.75 Å². The third kappa shape index (κ3) is 3.62. The van der Waals surface area contributed by atoms with Crippen molar-refractivity contribution in [3.63, 3.8) is 0 Å². The van der Waals surface area contributed by atoms with Gasteiger partial charge in [-0.1, -0.05) is 0 Å². The van der Waals surface area contributed by atoms with Gasteiger partial charge in [0.15, 0.2) is 0 Å². The number of benzene rings is 2. The van der Waals surface area contributed by atoms with Crippen molar-refractivity contribution in [3.05, 3.63) is 48.0 Å². The number of carbonyl (C=O) groups is 1. The van der Waals surface area contributed by atoms with Crippen molar-refractivity contribution >= 4 is 27.3 Å². The normalized spacial score (nSPS) is 14.6. The van der Waals surface area contributed by atoms with Gasteiger partial charge in [0.05, 0.1) is 23.4 Å². The first kappa shape index (κ1) is 18.1. The van der Waals surface area contributed by atoms with Crippen LogP contribution in [0.1, 0.15) is 12.8 Å². The molecule has 0 radical (unpaired) electrons. The number of hydrogen-bond donors (Lipinski definition) is 1. The van der Waals surface area contributed by atoms with Crippen molar-refractivity contribution in [1.82, 2.24) is 0 Å². The van der Waals surface area contributed by atoms with Crippen LogP contribution in [0.5, 0.6) is 5.75 Å². The molecule has 1 fully saturated rings. The predicted octanol–water partition coefficient (Wildman–Crippen LogP) is 2.90. The van der Waals surface area contributed by atoms with E-state index in [1.807, 2.05) is 0 Å². The number of hydrogen-bond acceptors (Lipinski definition) is 4. The third-order valence-electron chi connectivity index (χ3n) is 3.94. The summed E-state index contributed by atoms with van der Waals surface area (Å²) in [6.07, 6.45) is 1.10. The molecule has 6 nitrogen and oxygen atoms in total. The maximum absolute atomic E-state index is 13.3. The lowest BCUT2D eigenvalue weighted by molar-refractivity contribution is -0.117. The lowest BCUT2D eigenvalue weighted by Gasteiger charge is -2.20. The second-order valence-electron chi connectivity index (χ2n) is 5.75. The Morgan fingerprint density at radius 3 is 2.38 bits per heavy atom. The highest BCUT2D eigenvalue weighted by Crippen LogP contribution is 2.34. The molecule has 2 aromatic rings. The van der Waals surface area contributed by atoms with Gasteiger partial charge in [-0.2, -0.15) is 0 Å². The molecular formula is C17H16F2N2O4S. The van der Waals surface area contributed by atoms with E-state index in [2.05, 4.69) is 4.72 Å². The number of nitrogens with zero attached hydrogens (tertiary/aromatic N) is 1. The summed E-state index contributed by atoms with van der Waals surface area (Å²) >= 11 is 0. The third-order valence-corrected chi connectivity index (χ3v) is 5.30. The maximum Gasteiger partial charge on any atom is 0.262 e. The predicted molar refractivity (Wildman–Crippen MR) is 91.7 cm³/mol. The quantitative estimate of drug-likeness (QED) is 0.863. The van der Waals surface area contributed by atoms with Crippen LogP contribution in [0.2, 0.25) is 0 Å². The van der Waals surface area contributed by atoms with Gasteiger partial charge in [0, 0.05) is 19.0 Å². The summed E-state index contributed by atoms with van der Waals surface area (Å²) < 4.78 is 58.9. The number of sulfonamides is 1. The van der Waals surface area contributed by atoms with Crippen molar-refractivity contribution in [2.75, 3.05) is 23.3 Å². The zero-order valence-electron chi connectivity index (χ0n) is 13.8. The molecule has 2 aromatic carbocycles. The molecule has 1 N–H and O–H groups in total. The highest BCUT2D eigenvalue weighted by atomic mass is 32.2. The fourth-order valence-electron chi connectivity index (χ4n) is 2.77. The summed E-state index contributed by atoms with van der Waals surface area (Å²) in [6.45, 7) is 0.501. The van der Waals surface area contributed by atoms with Gasteiger partial charge in [-0.05, 0) is 36.8 Å². The summed E-state index contributed by atoms with van der Waals surface area (Å²) in [7, 11) is -2.76. The first-order valence-electron chi connectivity index (χ1n) is 7.77. The van der Waals surface area contributed by atoms with E-state index in [1.54, 1.807) is 0 Å². The second-order valence-corrected chi connectivity index (χ2v) is 7.43. The number of carbonyl (C=O) groups excluding carboxylic acids is 1. The number of methoxy groups -OCH3 is 1. The molecule has 0 saturated carbocycles. The van der Waals surface area contributed by atoms with Crippen molar-refractivity contribution < 1.29 is 26.7 Å². The molecule has 0 aliphatic carbocycles. The molecule has 138 valence electrons. The van der Waals surface area contributed by atoms with Crippen LogP contribution in [0.15, 0.2) is 41.3 Å². The van der Waals surface area contributed by atoms with Crippen LogP contribution in [-0.4, -0.2) is 28.0 Å². The Hall–Kier alpha value is -2.68. The molecule has 1 aliphatic heterocycles. The molecule has 0 unspecified atom stereocenters. The minimum atomic E-state index is -4.21. The molecule has 0 aromatic heterocycles.